The van der Waals surface area contributed by atoms with Gasteiger partial charge >= 0.3 is 0 Å². The minimum atomic E-state index is -0.313. The lowest BCUT2D eigenvalue weighted by molar-refractivity contribution is -0.510. The van der Waals surface area contributed by atoms with E-state index in [1.165, 1.54) is 0 Å². The number of hydrogen-bond donors (Lipinski definition) is 0. The molecule has 0 saturated carbocycles. The Kier molecular flexibility index (Phi) is 6.16. The van der Waals surface area contributed by atoms with E-state index in [1.807, 2.05) is 74.5 Å². The molecular weight excluding hydrogens is 274 g/mol. The summed E-state index contributed by atoms with van der Waals surface area (Å²) in [4.78, 5) is 0. The molecule has 0 fully saturated rings. The van der Waals surface area contributed by atoms with E-state index >= 15 is 0 Å². The standard InChI is InChI=1S/C19H23NO2/c1-16(2)13-20(21)19(18-11-7-4-8-12-18)15-22-14-17-9-5-3-6-10-17/h3-13,16,19H,14-15H2,1-2H3/b20-13-/t19-/m1/s1. The van der Waals surface area contributed by atoms with Gasteiger partial charge in [0.15, 0.2) is 6.21 Å². The summed E-state index contributed by atoms with van der Waals surface area (Å²) >= 11 is 0. The smallest absolute Gasteiger partial charge is 0.211 e. The number of hydrogen-bond acceptors (Lipinski definition) is 2. The highest BCUT2D eigenvalue weighted by molar-refractivity contribution is 5.54. The molecule has 0 amide bonds. The van der Waals surface area contributed by atoms with Crippen LogP contribution in [0.3, 0.4) is 0 Å². The molecule has 22 heavy (non-hydrogen) atoms. The topological polar surface area (TPSA) is 35.3 Å². The number of hydroxylamine groups is 1. The van der Waals surface area contributed by atoms with E-state index in [2.05, 4.69) is 0 Å². The van der Waals surface area contributed by atoms with E-state index < -0.39 is 0 Å². The molecule has 2 aromatic carbocycles. The molecular formula is C19H23NO2. The molecule has 3 heteroatoms. The van der Waals surface area contributed by atoms with Gasteiger partial charge in [-0.15, -0.1) is 0 Å². The maximum absolute atomic E-state index is 12.4. The average molecular weight is 297 g/mol. The lowest BCUT2D eigenvalue weighted by atomic mass is 10.1. The van der Waals surface area contributed by atoms with Crippen molar-refractivity contribution < 1.29 is 9.48 Å². The van der Waals surface area contributed by atoms with Crippen LogP contribution in [0.4, 0.5) is 0 Å². The van der Waals surface area contributed by atoms with Crippen molar-refractivity contribution in [1.82, 2.24) is 0 Å². The van der Waals surface area contributed by atoms with E-state index in [0.29, 0.717) is 13.2 Å². The van der Waals surface area contributed by atoms with Crippen LogP contribution in [-0.2, 0) is 11.3 Å². The zero-order valence-electron chi connectivity index (χ0n) is 13.2. The van der Waals surface area contributed by atoms with Crippen molar-refractivity contribution in [2.24, 2.45) is 5.92 Å². The number of nitrogens with zero attached hydrogens (tertiary/aromatic N) is 1. The summed E-state index contributed by atoms with van der Waals surface area (Å²) in [6.45, 7) is 4.88. The van der Waals surface area contributed by atoms with Crippen LogP contribution in [0.25, 0.3) is 0 Å². The van der Waals surface area contributed by atoms with E-state index in [0.717, 1.165) is 15.9 Å². The zero-order chi connectivity index (χ0) is 15.8. The van der Waals surface area contributed by atoms with Gasteiger partial charge in [-0.1, -0.05) is 74.5 Å². The predicted molar refractivity (Wildman–Crippen MR) is 89.8 cm³/mol. The second-order valence-electron chi connectivity index (χ2n) is 5.68. The van der Waals surface area contributed by atoms with Crippen molar-refractivity contribution in [2.45, 2.75) is 26.5 Å². The van der Waals surface area contributed by atoms with E-state index in [1.54, 1.807) is 6.21 Å². The highest BCUT2D eigenvalue weighted by Gasteiger charge is 2.19. The fourth-order valence-corrected chi connectivity index (χ4v) is 2.25. The molecule has 2 rings (SSSR count). The second kappa shape index (κ2) is 8.35. The van der Waals surface area contributed by atoms with Gasteiger partial charge < -0.3 is 9.94 Å². The summed E-state index contributed by atoms with van der Waals surface area (Å²) in [6, 6.07) is 19.5. The van der Waals surface area contributed by atoms with Crippen molar-refractivity contribution in [3.63, 3.8) is 0 Å². The summed E-state index contributed by atoms with van der Waals surface area (Å²) in [6.07, 6.45) is 1.70. The normalized spacial score (nSPS) is 13.3. The first-order valence-corrected chi connectivity index (χ1v) is 7.64. The molecule has 1 atom stereocenters. The molecule has 2 aromatic rings. The zero-order valence-corrected chi connectivity index (χ0v) is 13.2. The Hall–Kier alpha value is -2.13. The van der Waals surface area contributed by atoms with Gasteiger partial charge in [0.2, 0.25) is 6.04 Å². The van der Waals surface area contributed by atoms with Gasteiger partial charge in [-0.3, -0.25) is 0 Å². The SMILES string of the molecule is CC(C)/C=[N+](\[O-])[C@H](COCc1ccccc1)c1ccccc1. The summed E-state index contributed by atoms with van der Waals surface area (Å²) < 4.78 is 6.80. The average Bonchev–Trinajstić information content (AvgIpc) is 2.52. The van der Waals surface area contributed by atoms with E-state index in [9.17, 15) is 5.21 Å². The van der Waals surface area contributed by atoms with Crippen LogP contribution in [0.15, 0.2) is 60.7 Å². The van der Waals surface area contributed by atoms with Gasteiger partial charge in [0, 0.05) is 11.5 Å². The van der Waals surface area contributed by atoms with Crippen LogP contribution >= 0.6 is 0 Å². The Balaban J connectivity index is 2.05. The first-order chi connectivity index (χ1) is 10.7. The molecule has 0 radical (unpaired) electrons. The maximum Gasteiger partial charge on any atom is 0.211 e. The lowest BCUT2D eigenvalue weighted by Gasteiger charge is -2.18. The number of rotatable bonds is 7. The van der Waals surface area contributed by atoms with Crippen LogP contribution in [0.2, 0.25) is 0 Å². The fourth-order valence-electron chi connectivity index (χ4n) is 2.25. The number of ether oxygens (including phenoxy) is 1. The van der Waals surface area contributed by atoms with Gasteiger partial charge in [0.05, 0.1) is 6.61 Å². The minimum absolute atomic E-state index is 0.206. The molecule has 0 N–H and O–H groups in total. The first kappa shape index (κ1) is 16.2. The van der Waals surface area contributed by atoms with E-state index in [4.69, 9.17) is 4.74 Å². The van der Waals surface area contributed by atoms with Gasteiger partial charge in [-0.2, -0.15) is 0 Å². The van der Waals surface area contributed by atoms with Crippen molar-refractivity contribution in [1.29, 1.82) is 0 Å². The van der Waals surface area contributed by atoms with Gasteiger partial charge in [-0.25, -0.2) is 4.74 Å². The molecule has 0 heterocycles. The maximum atomic E-state index is 12.4. The molecule has 0 aromatic heterocycles. The van der Waals surface area contributed by atoms with Crippen molar-refractivity contribution >= 4 is 6.21 Å². The van der Waals surface area contributed by atoms with Crippen LogP contribution in [0.1, 0.15) is 31.0 Å². The highest BCUT2D eigenvalue weighted by atomic mass is 16.5. The molecule has 0 unspecified atom stereocenters. The third-order valence-corrected chi connectivity index (χ3v) is 3.32. The first-order valence-electron chi connectivity index (χ1n) is 7.64. The Morgan fingerprint density at radius 3 is 2.18 bits per heavy atom. The summed E-state index contributed by atoms with van der Waals surface area (Å²) in [5.74, 6) is 0.206. The highest BCUT2D eigenvalue weighted by Crippen LogP contribution is 2.18. The Labute approximate surface area is 132 Å². The third-order valence-electron chi connectivity index (χ3n) is 3.32. The van der Waals surface area contributed by atoms with Gasteiger partial charge in [0.25, 0.3) is 0 Å². The van der Waals surface area contributed by atoms with Crippen LogP contribution in [0, 0.1) is 11.1 Å². The van der Waals surface area contributed by atoms with Gasteiger partial charge in [0.1, 0.15) is 6.61 Å². The molecule has 0 aliphatic carbocycles. The second-order valence-corrected chi connectivity index (χ2v) is 5.68. The van der Waals surface area contributed by atoms with E-state index in [-0.39, 0.29) is 12.0 Å². The van der Waals surface area contributed by atoms with Crippen molar-refractivity contribution in [3.05, 3.63) is 77.0 Å². The summed E-state index contributed by atoms with van der Waals surface area (Å²) in [5, 5.41) is 12.4. The Bertz CT molecular complexity index is 579. The molecule has 116 valence electrons. The molecule has 0 spiro atoms. The predicted octanol–water partition coefficient (Wildman–Crippen LogP) is 4.18. The number of benzene rings is 2. The quantitative estimate of drug-likeness (QED) is 0.332. The molecule has 0 bridgehead atoms. The Morgan fingerprint density at radius 2 is 1.59 bits per heavy atom. The van der Waals surface area contributed by atoms with Gasteiger partial charge in [-0.05, 0) is 5.56 Å². The van der Waals surface area contributed by atoms with Crippen LogP contribution < -0.4 is 0 Å². The minimum Gasteiger partial charge on any atom is -0.623 e. The fraction of sp³-hybridized carbons (Fsp3) is 0.316. The van der Waals surface area contributed by atoms with Crippen LogP contribution in [-0.4, -0.2) is 17.6 Å². The monoisotopic (exact) mass is 297 g/mol. The summed E-state index contributed by atoms with van der Waals surface area (Å²) in [7, 11) is 0. The Morgan fingerprint density at radius 1 is 1.00 bits per heavy atom. The molecule has 0 aliphatic heterocycles. The lowest BCUT2D eigenvalue weighted by Crippen LogP contribution is -2.21. The molecule has 0 aliphatic rings. The van der Waals surface area contributed by atoms with Crippen molar-refractivity contribution in [2.75, 3.05) is 6.61 Å². The molecule has 3 nitrogen and oxygen atoms in total. The largest absolute Gasteiger partial charge is 0.623 e. The van der Waals surface area contributed by atoms with Crippen molar-refractivity contribution in [3.8, 4) is 0 Å². The third kappa shape index (κ3) is 5.01. The van der Waals surface area contributed by atoms with Crippen LogP contribution in [0.5, 0.6) is 0 Å². The summed E-state index contributed by atoms with van der Waals surface area (Å²) in [5.41, 5.74) is 2.09. The molecule has 0 saturated heterocycles.